The van der Waals surface area contributed by atoms with Gasteiger partial charge in [0.2, 0.25) is 5.95 Å². The van der Waals surface area contributed by atoms with E-state index in [0.717, 1.165) is 31.1 Å². The Balaban J connectivity index is 1.72. The number of amides is 1. The molecule has 0 radical (unpaired) electrons. The number of nitrogens with one attached hydrogen (secondary N) is 2. The van der Waals surface area contributed by atoms with E-state index in [9.17, 15) is 4.79 Å². The third kappa shape index (κ3) is 2.91. The normalized spacial score (nSPS) is 13.7. The maximum atomic E-state index is 12.2. The fourth-order valence-electron chi connectivity index (χ4n) is 2.43. The summed E-state index contributed by atoms with van der Waals surface area (Å²) >= 11 is 0. The van der Waals surface area contributed by atoms with Crippen molar-refractivity contribution in [3.8, 4) is 0 Å². The van der Waals surface area contributed by atoms with Gasteiger partial charge in [-0.1, -0.05) is 26.0 Å². The summed E-state index contributed by atoms with van der Waals surface area (Å²) in [6, 6.07) is 7.95. The fourth-order valence-corrected chi connectivity index (χ4v) is 2.43. The number of hydrogen-bond acceptors (Lipinski definition) is 3. The van der Waals surface area contributed by atoms with E-state index in [2.05, 4.69) is 29.5 Å². The van der Waals surface area contributed by atoms with Crippen LogP contribution in [0.15, 0.2) is 30.5 Å². The van der Waals surface area contributed by atoms with Crippen LogP contribution in [0.4, 0.5) is 11.6 Å². The largest absolute Gasteiger partial charge is 0.356 e. The number of fused-ring (bicyclic) bond motifs is 1. The van der Waals surface area contributed by atoms with Gasteiger partial charge in [-0.15, -0.1) is 0 Å². The Morgan fingerprint density at radius 2 is 2.10 bits per heavy atom. The minimum Gasteiger partial charge on any atom is -0.356 e. The van der Waals surface area contributed by atoms with Crippen LogP contribution in [0.25, 0.3) is 0 Å². The van der Waals surface area contributed by atoms with Gasteiger partial charge in [-0.25, -0.2) is 4.98 Å². The van der Waals surface area contributed by atoms with Crippen LogP contribution in [-0.4, -0.2) is 22.0 Å². The number of imidazole rings is 1. The number of carbonyl (C=O) groups is 1. The molecule has 1 aromatic carbocycles. The highest BCUT2D eigenvalue weighted by Gasteiger charge is 2.16. The van der Waals surface area contributed by atoms with Crippen LogP contribution in [0.5, 0.6) is 0 Å². The molecule has 2 N–H and O–H groups in total. The molecule has 1 aliphatic heterocycles. The van der Waals surface area contributed by atoms with Gasteiger partial charge in [0.05, 0.1) is 0 Å². The lowest BCUT2D eigenvalue weighted by atomic mass is 10.0. The Kier molecular flexibility index (Phi) is 3.64. The van der Waals surface area contributed by atoms with Crippen molar-refractivity contribution < 1.29 is 4.79 Å². The Bertz CT molecular complexity index is 619. The first-order valence-electron chi connectivity index (χ1n) is 7.36. The first-order chi connectivity index (χ1) is 10.1. The van der Waals surface area contributed by atoms with E-state index < -0.39 is 0 Å². The second kappa shape index (κ2) is 5.60. The molecule has 0 saturated heterocycles. The van der Waals surface area contributed by atoms with Crippen molar-refractivity contribution in [1.29, 1.82) is 0 Å². The summed E-state index contributed by atoms with van der Waals surface area (Å²) in [5.74, 6) is 1.10. The molecule has 21 heavy (non-hydrogen) atoms. The lowest BCUT2D eigenvalue weighted by Crippen LogP contribution is -2.16. The number of rotatable bonds is 3. The van der Waals surface area contributed by atoms with Crippen LogP contribution in [-0.2, 0) is 6.54 Å². The molecule has 2 heterocycles. The molecule has 2 aromatic rings. The van der Waals surface area contributed by atoms with Gasteiger partial charge in [-0.2, -0.15) is 0 Å². The van der Waals surface area contributed by atoms with E-state index in [1.54, 1.807) is 6.20 Å². The number of carbonyl (C=O) groups excluding carboxylic acids is 1. The van der Waals surface area contributed by atoms with Crippen molar-refractivity contribution in [3.05, 3.63) is 41.7 Å². The van der Waals surface area contributed by atoms with Crippen molar-refractivity contribution in [2.75, 3.05) is 17.2 Å². The number of benzene rings is 1. The van der Waals surface area contributed by atoms with Gasteiger partial charge in [0, 0.05) is 25.0 Å². The maximum Gasteiger partial charge on any atom is 0.275 e. The highest BCUT2D eigenvalue weighted by atomic mass is 16.1. The van der Waals surface area contributed by atoms with Crippen LogP contribution < -0.4 is 10.6 Å². The maximum absolute atomic E-state index is 12.2. The molecule has 5 nitrogen and oxygen atoms in total. The standard InChI is InChI=1S/C16H20N4O/c1-11(2)12-4-6-13(7-5-12)18-15(21)14-10-20-9-3-8-17-16(20)19-14/h4-7,10-11H,3,8-9H2,1-2H3,(H,17,19)(H,18,21). The predicted octanol–water partition coefficient (Wildman–Crippen LogP) is 3.07. The first-order valence-corrected chi connectivity index (χ1v) is 7.36. The summed E-state index contributed by atoms with van der Waals surface area (Å²) in [6.45, 7) is 6.12. The van der Waals surface area contributed by atoms with Crippen LogP contribution >= 0.6 is 0 Å². The molecule has 0 spiro atoms. The highest BCUT2D eigenvalue weighted by molar-refractivity contribution is 6.03. The summed E-state index contributed by atoms with van der Waals surface area (Å²) in [5, 5.41) is 6.08. The quantitative estimate of drug-likeness (QED) is 0.910. The average molecular weight is 284 g/mol. The molecule has 0 fully saturated rings. The van der Waals surface area contributed by atoms with E-state index in [4.69, 9.17) is 0 Å². The number of aromatic nitrogens is 2. The van der Waals surface area contributed by atoms with Crippen molar-refractivity contribution in [3.63, 3.8) is 0 Å². The minimum atomic E-state index is -0.170. The molecule has 5 heteroatoms. The third-order valence-corrected chi connectivity index (χ3v) is 3.70. The molecule has 110 valence electrons. The number of hydrogen-bond donors (Lipinski definition) is 2. The summed E-state index contributed by atoms with van der Waals surface area (Å²) in [5.41, 5.74) is 2.50. The lowest BCUT2D eigenvalue weighted by Gasteiger charge is -2.14. The van der Waals surface area contributed by atoms with Gasteiger partial charge in [0.25, 0.3) is 5.91 Å². The van der Waals surface area contributed by atoms with Gasteiger partial charge in [-0.3, -0.25) is 4.79 Å². The van der Waals surface area contributed by atoms with E-state index in [-0.39, 0.29) is 5.91 Å². The zero-order chi connectivity index (χ0) is 14.8. The summed E-state index contributed by atoms with van der Waals surface area (Å²) in [6.07, 6.45) is 2.86. The molecule has 3 rings (SSSR count). The monoisotopic (exact) mass is 284 g/mol. The van der Waals surface area contributed by atoms with Crippen molar-refractivity contribution in [2.45, 2.75) is 32.7 Å². The number of aryl methyl sites for hydroxylation is 1. The Morgan fingerprint density at radius 3 is 2.76 bits per heavy atom. The second-order valence-corrected chi connectivity index (χ2v) is 5.65. The zero-order valence-corrected chi connectivity index (χ0v) is 12.4. The molecule has 0 atom stereocenters. The van der Waals surface area contributed by atoms with Gasteiger partial charge >= 0.3 is 0 Å². The molecular weight excluding hydrogens is 264 g/mol. The number of anilines is 2. The van der Waals surface area contributed by atoms with Crippen molar-refractivity contribution in [2.24, 2.45) is 0 Å². The smallest absolute Gasteiger partial charge is 0.275 e. The van der Waals surface area contributed by atoms with Gasteiger partial charge in [0.15, 0.2) is 0 Å². The predicted molar refractivity (Wildman–Crippen MR) is 83.8 cm³/mol. The van der Waals surface area contributed by atoms with Crippen LogP contribution in [0.3, 0.4) is 0 Å². The summed E-state index contributed by atoms with van der Waals surface area (Å²) in [7, 11) is 0. The first kappa shape index (κ1) is 13.7. The van der Waals surface area contributed by atoms with E-state index >= 15 is 0 Å². The Morgan fingerprint density at radius 1 is 1.33 bits per heavy atom. The molecule has 1 amide bonds. The third-order valence-electron chi connectivity index (χ3n) is 3.70. The molecule has 1 aliphatic rings. The average Bonchev–Trinajstić information content (AvgIpc) is 2.92. The SMILES string of the molecule is CC(C)c1ccc(NC(=O)c2cn3c(n2)NCCC3)cc1. The zero-order valence-electron chi connectivity index (χ0n) is 12.4. The number of nitrogens with zero attached hydrogens (tertiary/aromatic N) is 2. The van der Waals surface area contributed by atoms with Crippen LogP contribution in [0.2, 0.25) is 0 Å². The Labute approximate surface area is 124 Å². The van der Waals surface area contributed by atoms with Crippen LogP contribution in [0, 0.1) is 0 Å². The molecule has 0 bridgehead atoms. The molecule has 1 aromatic heterocycles. The minimum absolute atomic E-state index is 0.170. The van der Waals surface area contributed by atoms with E-state index in [0.29, 0.717) is 11.6 Å². The molecule has 0 unspecified atom stereocenters. The molecule has 0 saturated carbocycles. The Hall–Kier alpha value is -2.30. The summed E-state index contributed by atoms with van der Waals surface area (Å²) < 4.78 is 1.99. The summed E-state index contributed by atoms with van der Waals surface area (Å²) in [4.78, 5) is 16.6. The molecule has 0 aliphatic carbocycles. The fraction of sp³-hybridized carbons (Fsp3) is 0.375. The van der Waals surface area contributed by atoms with Gasteiger partial charge in [-0.05, 0) is 30.0 Å². The second-order valence-electron chi connectivity index (χ2n) is 5.65. The highest BCUT2D eigenvalue weighted by Crippen LogP contribution is 2.19. The topological polar surface area (TPSA) is 59.0 Å². The lowest BCUT2D eigenvalue weighted by molar-refractivity contribution is 0.102. The van der Waals surface area contributed by atoms with Gasteiger partial charge in [0.1, 0.15) is 5.69 Å². The van der Waals surface area contributed by atoms with Gasteiger partial charge < -0.3 is 15.2 Å². The molecular formula is C16H20N4O. The van der Waals surface area contributed by atoms with E-state index in [1.165, 1.54) is 5.56 Å². The van der Waals surface area contributed by atoms with Crippen LogP contribution in [0.1, 0.15) is 42.2 Å². The van der Waals surface area contributed by atoms with Crippen molar-refractivity contribution in [1.82, 2.24) is 9.55 Å². The van der Waals surface area contributed by atoms with Crippen molar-refractivity contribution >= 4 is 17.5 Å². The van der Waals surface area contributed by atoms with E-state index in [1.807, 2.05) is 28.8 Å².